The van der Waals surface area contributed by atoms with Crippen molar-refractivity contribution in [2.45, 2.75) is 26.9 Å². The summed E-state index contributed by atoms with van der Waals surface area (Å²) in [7, 11) is 0. The van der Waals surface area contributed by atoms with Gasteiger partial charge in [-0.25, -0.2) is 0 Å². The van der Waals surface area contributed by atoms with Gasteiger partial charge in [-0.2, -0.15) is 0 Å². The van der Waals surface area contributed by atoms with Gasteiger partial charge in [0, 0.05) is 17.8 Å². The first kappa shape index (κ1) is 12.0. The van der Waals surface area contributed by atoms with Crippen molar-refractivity contribution in [3.05, 3.63) is 0 Å². The average molecular weight is 184 g/mol. The highest BCUT2D eigenvalue weighted by Gasteiger charge is 2.04. The minimum Gasteiger partial charge on any atom is -0.443 e. The Morgan fingerprint density at radius 1 is 0.929 bits per heavy atom. The van der Waals surface area contributed by atoms with Gasteiger partial charge in [-0.15, -0.1) is 6.42 Å². The molecule has 0 spiro atoms. The summed E-state index contributed by atoms with van der Waals surface area (Å²) in [5.74, 6) is 14.9. The Labute approximate surface area is 86.2 Å². The monoisotopic (exact) mass is 184 g/mol. The molecule has 0 aromatic heterocycles. The number of hydrogen-bond donors (Lipinski definition) is 0. The first-order valence-corrected chi connectivity index (χ1v) is 4.29. The lowest BCUT2D eigenvalue weighted by Crippen LogP contribution is -2.11. The van der Waals surface area contributed by atoms with Gasteiger partial charge in [-0.05, 0) is 30.6 Å². The van der Waals surface area contributed by atoms with Gasteiger partial charge in [0.15, 0.2) is 0 Å². The molecule has 1 nitrogen and oxygen atoms in total. The Hall–Kier alpha value is -1.96. The lowest BCUT2D eigenvalue weighted by Gasteiger charge is -2.11. The molecule has 0 radical (unpaired) electrons. The predicted molar refractivity (Wildman–Crippen MR) is 57.5 cm³/mol. The second-order valence-corrected chi connectivity index (χ2v) is 2.94. The molecule has 0 saturated heterocycles. The van der Waals surface area contributed by atoms with E-state index in [-0.39, 0.29) is 6.10 Å². The van der Waals surface area contributed by atoms with Crippen LogP contribution in [0.5, 0.6) is 0 Å². The first-order chi connectivity index (χ1) is 6.68. The van der Waals surface area contributed by atoms with Gasteiger partial charge in [0.05, 0.1) is 0 Å². The molecule has 14 heavy (non-hydrogen) atoms. The van der Waals surface area contributed by atoms with Gasteiger partial charge < -0.3 is 4.74 Å². The highest BCUT2D eigenvalue weighted by molar-refractivity contribution is 5.38. The lowest BCUT2D eigenvalue weighted by atomic mass is 10.1. The van der Waals surface area contributed by atoms with Crippen molar-refractivity contribution in [3.63, 3.8) is 0 Å². The number of ether oxygens (including phenoxy) is 1. The molecule has 0 aromatic carbocycles. The third kappa shape index (κ3) is 6.73. The Bertz CT molecular complexity index is 377. The molecule has 0 heterocycles. The van der Waals surface area contributed by atoms with E-state index < -0.39 is 0 Å². The molecule has 0 aromatic rings. The maximum atomic E-state index is 5.16. The van der Waals surface area contributed by atoms with Crippen molar-refractivity contribution in [3.8, 4) is 48.1 Å². The van der Waals surface area contributed by atoms with Crippen LogP contribution in [0.15, 0.2) is 0 Å². The van der Waals surface area contributed by atoms with E-state index in [0.29, 0.717) is 5.92 Å². The summed E-state index contributed by atoms with van der Waals surface area (Å²) >= 11 is 0. The minimum absolute atomic E-state index is 0.112. The molecule has 0 aliphatic carbocycles. The number of hydrogen-bond acceptors (Lipinski definition) is 1. The Morgan fingerprint density at radius 3 is 2.07 bits per heavy atom. The fraction of sp³-hybridized carbons (Fsp3) is 0.385. The molecule has 0 rings (SSSR count). The summed E-state index contributed by atoms with van der Waals surface area (Å²) in [5.41, 5.74) is 0. The van der Waals surface area contributed by atoms with E-state index in [1.807, 2.05) is 6.92 Å². The van der Waals surface area contributed by atoms with Crippen molar-refractivity contribution in [1.29, 1.82) is 0 Å². The molecular weight excluding hydrogens is 172 g/mol. The Kier molecular flexibility index (Phi) is 6.60. The molecule has 1 unspecified atom stereocenters. The zero-order valence-electron chi connectivity index (χ0n) is 8.64. The lowest BCUT2D eigenvalue weighted by molar-refractivity contribution is 0.138. The minimum atomic E-state index is 0.112. The van der Waals surface area contributed by atoms with Gasteiger partial charge in [0.2, 0.25) is 0 Å². The van der Waals surface area contributed by atoms with Crippen LogP contribution in [-0.2, 0) is 4.74 Å². The van der Waals surface area contributed by atoms with Crippen LogP contribution in [0.3, 0.4) is 0 Å². The summed E-state index contributed by atoms with van der Waals surface area (Å²) in [6.07, 6.45) is 7.50. The quantitative estimate of drug-likeness (QED) is 0.593. The van der Waals surface area contributed by atoms with Crippen LogP contribution in [-0.4, -0.2) is 6.10 Å². The zero-order valence-corrected chi connectivity index (χ0v) is 8.64. The summed E-state index contributed by atoms with van der Waals surface area (Å²) in [6.45, 7) is 6.09. The molecule has 70 valence electrons. The van der Waals surface area contributed by atoms with Gasteiger partial charge in [0.1, 0.15) is 12.2 Å². The van der Waals surface area contributed by atoms with Gasteiger partial charge in [-0.1, -0.05) is 13.8 Å². The molecule has 0 aliphatic rings. The molecule has 0 bridgehead atoms. The number of terminal acetylenes is 1. The Morgan fingerprint density at radius 2 is 1.50 bits per heavy atom. The van der Waals surface area contributed by atoms with Crippen molar-refractivity contribution < 1.29 is 4.74 Å². The van der Waals surface area contributed by atoms with Crippen molar-refractivity contribution in [1.82, 2.24) is 0 Å². The van der Waals surface area contributed by atoms with Crippen LogP contribution < -0.4 is 0 Å². The van der Waals surface area contributed by atoms with Crippen LogP contribution in [0.2, 0.25) is 0 Å². The fourth-order valence-electron chi connectivity index (χ4n) is 0.414. The molecule has 1 atom stereocenters. The highest BCUT2D eigenvalue weighted by atomic mass is 16.5. The second kappa shape index (κ2) is 7.68. The smallest absolute Gasteiger partial charge is 0.125 e. The summed E-state index contributed by atoms with van der Waals surface area (Å²) in [4.78, 5) is 0. The maximum Gasteiger partial charge on any atom is 0.125 e. The van der Waals surface area contributed by atoms with Crippen LogP contribution in [0.25, 0.3) is 0 Å². The van der Waals surface area contributed by atoms with E-state index >= 15 is 0 Å². The van der Waals surface area contributed by atoms with E-state index in [4.69, 9.17) is 11.2 Å². The molecular formula is C13H12O. The molecule has 0 fully saturated rings. The Balaban J connectivity index is 3.95. The maximum absolute atomic E-state index is 5.16. The van der Waals surface area contributed by atoms with Gasteiger partial charge in [-0.3, -0.25) is 0 Å². The second-order valence-electron chi connectivity index (χ2n) is 2.94. The SMILES string of the molecule is C#CC#CC#CC#COC(C)C(C)C. The van der Waals surface area contributed by atoms with Crippen molar-refractivity contribution in [2.24, 2.45) is 5.92 Å². The average Bonchev–Trinajstić information content (AvgIpc) is 2.16. The van der Waals surface area contributed by atoms with Crippen LogP contribution in [0, 0.1) is 54.0 Å². The zero-order chi connectivity index (χ0) is 10.8. The number of rotatable bonds is 2. The van der Waals surface area contributed by atoms with Crippen LogP contribution in [0.1, 0.15) is 20.8 Å². The molecule has 0 saturated carbocycles. The summed E-state index contributed by atoms with van der Waals surface area (Å²) < 4.78 is 5.16. The largest absolute Gasteiger partial charge is 0.443 e. The predicted octanol–water partition coefficient (Wildman–Crippen LogP) is 1.65. The fourth-order valence-corrected chi connectivity index (χ4v) is 0.414. The first-order valence-electron chi connectivity index (χ1n) is 4.29. The van der Waals surface area contributed by atoms with E-state index in [1.165, 1.54) is 0 Å². The van der Waals surface area contributed by atoms with E-state index in [9.17, 15) is 0 Å². The summed E-state index contributed by atoms with van der Waals surface area (Å²) in [6, 6.07) is 0. The molecule has 0 aliphatic heterocycles. The van der Waals surface area contributed by atoms with Gasteiger partial charge >= 0.3 is 0 Å². The van der Waals surface area contributed by atoms with E-state index in [1.54, 1.807) is 0 Å². The molecule has 0 amide bonds. The standard InChI is InChI=1S/C13H12O/c1-5-6-7-8-9-10-11-14-13(4)12(2)3/h1,12-13H,2-4H3. The molecule has 0 N–H and O–H groups in total. The summed E-state index contributed by atoms with van der Waals surface area (Å²) in [5, 5.41) is 0. The topological polar surface area (TPSA) is 9.23 Å². The van der Waals surface area contributed by atoms with Gasteiger partial charge in [0.25, 0.3) is 0 Å². The third-order valence-corrected chi connectivity index (χ3v) is 1.56. The third-order valence-electron chi connectivity index (χ3n) is 1.56. The van der Waals surface area contributed by atoms with Crippen molar-refractivity contribution >= 4 is 0 Å². The van der Waals surface area contributed by atoms with E-state index in [2.05, 4.69) is 55.5 Å². The van der Waals surface area contributed by atoms with Crippen molar-refractivity contribution in [2.75, 3.05) is 0 Å². The normalized spacial score (nSPS) is 9.07. The van der Waals surface area contributed by atoms with Crippen LogP contribution in [0.4, 0.5) is 0 Å². The van der Waals surface area contributed by atoms with E-state index in [0.717, 1.165) is 0 Å². The van der Waals surface area contributed by atoms with Crippen LogP contribution >= 0.6 is 0 Å². The highest BCUT2D eigenvalue weighted by Crippen LogP contribution is 2.03. The molecule has 1 heteroatoms.